The predicted octanol–water partition coefficient (Wildman–Crippen LogP) is 3.88. The van der Waals surface area contributed by atoms with Crippen LogP contribution in [0, 0.1) is 12.7 Å². The Kier molecular flexibility index (Phi) is 5.34. The Bertz CT molecular complexity index is 1490. The first-order valence-corrected chi connectivity index (χ1v) is 11.1. The van der Waals surface area contributed by atoms with Gasteiger partial charge in [-0.2, -0.15) is 22.0 Å². The number of hydrogen-bond donors (Lipinski definition) is 3. The number of halogens is 6. The van der Waals surface area contributed by atoms with Crippen LogP contribution in [0.4, 0.5) is 37.8 Å². The number of benzene rings is 1. The molecule has 1 spiro atoms. The van der Waals surface area contributed by atoms with E-state index >= 15 is 0 Å². The van der Waals surface area contributed by atoms with Crippen molar-refractivity contribution in [3.63, 3.8) is 0 Å². The number of fused-ring (bicyclic) bond motifs is 3. The Balaban J connectivity index is 1.56. The van der Waals surface area contributed by atoms with Crippen molar-refractivity contribution < 1.29 is 36.2 Å². The van der Waals surface area contributed by atoms with Crippen LogP contribution in [0.5, 0.6) is 0 Å². The van der Waals surface area contributed by atoms with Crippen molar-refractivity contribution in [2.75, 3.05) is 5.32 Å². The second kappa shape index (κ2) is 7.91. The molecule has 1 amide bonds. The van der Waals surface area contributed by atoms with Crippen LogP contribution in [0.2, 0.25) is 0 Å². The van der Waals surface area contributed by atoms with Gasteiger partial charge in [-0.3, -0.25) is 14.2 Å². The molecule has 1 aromatic carbocycles. The van der Waals surface area contributed by atoms with E-state index in [0.717, 1.165) is 10.6 Å². The number of hydrogen-bond acceptors (Lipinski definition) is 6. The molecule has 0 unspecified atom stereocenters. The number of amides is 1. The fourth-order valence-electron chi connectivity index (χ4n) is 5.11. The van der Waals surface area contributed by atoms with Crippen LogP contribution >= 0.6 is 0 Å². The Labute approximate surface area is 204 Å². The van der Waals surface area contributed by atoms with Crippen molar-refractivity contribution in [2.24, 2.45) is 0 Å². The maximum Gasteiger partial charge on any atom is 0.456 e. The molecular weight excluding hydrogens is 508 g/mol. The van der Waals surface area contributed by atoms with Gasteiger partial charge in [0.15, 0.2) is 0 Å². The van der Waals surface area contributed by atoms with E-state index in [1.165, 1.54) is 31.5 Å². The average molecular weight is 527 g/mol. The Hall–Kier alpha value is -3.68. The van der Waals surface area contributed by atoms with Gasteiger partial charge in [0, 0.05) is 5.39 Å². The van der Waals surface area contributed by atoms with E-state index in [-0.39, 0.29) is 22.6 Å². The number of carbonyl (C=O) groups is 1. The zero-order valence-corrected chi connectivity index (χ0v) is 19.1. The highest BCUT2D eigenvalue weighted by atomic mass is 19.4. The van der Waals surface area contributed by atoms with E-state index in [4.69, 9.17) is 0 Å². The van der Waals surface area contributed by atoms with Crippen LogP contribution in [-0.2, 0) is 5.66 Å². The molecule has 5 rings (SSSR count). The first-order valence-electron chi connectivity index (χ1n) is 11.1. The fourth-order valence-corrected chi connectivity index (χ4v) is 5.11. The molecule has 0 bridgehead atoms. The van der Waals surface area contributed by atoms with Crippen molar-refractivity contribution in [2.45, 2.75) is 56.0 Å². The summed E-state index contributed by atoms with van der Waals surface area (Å²) in [5, 5.41) is 15.9. The molecule has 1 aliphatic carbocycles. The molecule has 1 fully saturated rings. The number of aromatic nitrogens is 3. The average Bonchev–Trinajstić information content (AvgIpc) is 3.11. The van der Waals surface area contributed by atoms with Gasteiger partial charge < -0.3 is 15.7 Å². The quantitative estimate of drug-likeness (QED) is 0.446. The molecule has 2 aromatic heterocycles. The molecule has 14 heteroatoms. The number of nitrogens with zero attached hydrogens (tertiary/aromatic N) is 3. The van der Waals surface area contributed by atoms with Crippen LogP contribution in [0.25, 0.3) is 10.9 Å². The van der Waals surface area contributed by atoms with E-state index in [2.05, 4.69) is 20.6 Å². The monoisotopic (exact) mass is 527 g/mol. The summed E-state index contributed by atoms with van der Waals surface area (Å²) in [6, 6.07) is 5.12. The third-order valence-corrected chi connectivity index (χ3v) is 7.08. The first kappa shape index (κ1) is 25.0. The zero-order chi connectivity index (χ0) is 27.0. The first-order chi connectivity index (χ1) is 17.2. The number of rotatable bonds is 3. The van der Waals surface area contributed by atoms with E-state index in [1.807, 2.05) is 0 Å². The molecule has 3 aromatic rings. The van der Waals surface area contributed by atoms with Gasteiger partial charge >= 0.3 is 12.1 Å². The lowest BCUT2D eigenvalue weighted by Gasteiger charge is -2.45. The fraction of sp³-hybridized carbons (Fsp3) is 0.391. The number of pyridine rings is 1. The molecule has 0 radical (unpaired) electrons. The lowest BCUT2D eigenvalue weighted by atomic mass is 9.74. The van der Waals surface area contributed by atoms with Crippen molar-refractivity contribution >= 4 is 28.3 Å². The topological polar surface area (TPSA) is 109 Å². The molecule has 1 saturated carbocycles. The molecular formula is C23H19F6N5O3. The van der Waals surface area contributed by atoms with Gasteiger partial charge in [0.1, 0.15) is 40.6 Å². The van der Waals surface area contributed by atoms with Gasteiger partial charge in [-0.15, -0.1) is 0 Å². The summed E-state index contributed by atoms with van der Waals surface area (Å²) in [4.78, 5) is 34.4. The number of nitrogens with one attached hydrogen (secondary N) is 2. The van der Waals surface area contributed by atoms with Crippen LogP contribution in [-0.4, -0.2) is 43.2 Å². The summed E-state index contributed by atoms with van der Waals surface area (Å²) < 4.78 is 81.9. The Morgan fingerprint density at radius 2 is 1.73 bits per heavy atom. The van der Waals surface area contributed by atoms with E-state index in [9.17, 15) is 41.0 Å². The predicted molar refractivity (Wildman–Crippen MR) is 118 cm³/mol. The molecule has 196 valence electrons. The summed E-state index contributed by atoms with van der Waals surface area (Å²) in [5.74, 6) is -6.59. The number of aryl methyl sites for hydroxylation is 1. The zero-order valence-electron chi connectivity index (χ0n) is 19.1. The van der Waals surface area contributed by atoms with Crippen molar-refractivity contribution in [3.05, 3.63) is 58.0 Å². The lowest BCUT2D eigenvalue weighted by Crippen LogP contribution is -2.62. The smallest absolute Gasteiger partial charge is 0.383 e. The van der Waals surface area contributed by atoms with Gasteiger partial charge in [0.2, 0.25) is 0 Å². The summed E-state index contributed by atoms with van der Waals surface area (Å²) >= 11 is 0. The van der Waals surface area contributed by atoms with Crippen molar-refractivity contribution in [3.8, 4) is 0 Å². The third-order valence-electron chi connectivity index (χ3n) is 7.08. The van der Waals surface area contributed by atoms with E-state index in [1.54, 1.807) is 0 Å². The number of aliphatic hydroxyl groups is 1. The van der Waals surface area contributed by atoms with Crippen LogP contribution in [0.1, 0.15) is 41.7 Å². The molecule has 8 nitrogen and oxygen atoms in total. The molecule has 2 aliphatic rings. The molecule has 37 heavy (non-hydrogen) atoms. The summed E-state index contributed by atoms with van der Waals surface area (Å²) in [7, 11) is 0. The summed E-state index contributed by atoms with van der Waals surface area (Å²) in [5.41, 5.74) is -5.30. The molecule has 3 N–H and O–H groups in total. The van der Waals surface area contributed by atoms with Gasteiger partial charge in [-0.25, -0.2) is 14.4 Å². The highest BCUT2D eigenvalue weighted by molar-refractivity contribution is 5.97. The maximum absolute atomic E-state index is 14.1. The molecule has 3 heterocycles. The lowest BCUT2D eigenvalue weighted by molar-refractivity contribution is -0.349. The number of carbonyl (C=O) groups excluding carboxylic acids is 1. The van der Waals surface area contributed by atoms with Gasteiger partial charge in [0.25, 0.3) is 11.5 Å². The van der Waals surface area contributed by atoms with Crippen molar-refractivity contribution in [1.82, 2.24) is 19.9 Å². The van der Waals surface area contributed by atoms with E-state index in [0.29, 0.717) is 11.1 Å². The summed E-state index contributed by atoms with van der Waals surface area (Å²) in [6.45, 7) is 1.52. The standard InChI is InChI=1S/C23H19F6N5O3/c1-11-8-15(32-17-13-9-12(24)2-3-14(13)30-10-31-17)19(36)34-16(11)18(35)33-21(34)6-4-20(37,5-7-21)22(25,26)23(27,28)29/h2-3,8-10,37H,4-7H2,1H3,(H,33,35)(H,30,31,32)/t20-,21+. The molecule has 0 saturated heterocycles. The highest BCUT2D eigenvalue weighted by Gasteiger charge is 2.71. The van der Waals surface area contributed by atoms with Gasteiger partial charge in [-0.1, -0.05) is 0 Å². The summed E-state index contributed by atoms with van der Waals surface area (Å²) in [6.07, 6.45) is -7.96. The van der Waals surface area contributed by atoms with E-state index < -0.39 is 66.3 Å². The largest absolute Gasteiger partial charge is 0.456 e. The van der Waals surface area contributed by atoms with Crippen LogP contribution in [0.15, 0.2) is 35.4 Å². The van der Waals surface area contributed by atoms with Gasteiger partial charge in [0.05, 0.1) is 5.52 Å². The number of alkyl halides is 5. The molecule has 1 aliphatic heterocycles. The minimum atomic E-state index is -5.98. The normalized spacial score (nSPS) is 23.8. The van der Waals surface area contributed by atoms with Crippen molar-refractivity contribution in [1.29, 1.82) is 0 Å². The Morgan fingerprint density at radius 3 is 2.38 bits per heavy atom. The Morgan fingerprint density at radius 1 is 1.05 bits per heavy atom. The minimum Gasteiger partial charge on any atom is -0.383 e. The maximum atomic E-state index is 14.1. The molecule has 0 atom stereocenters. The van der Waals surface area contributed by atoms with Crippen LogP contribution < -0.4 is 16.2 Å². The van der Waals surface area contributed by atoms with Crippen LogP contribution in [0.3, 0.4) is 0 Å². The minimum absolute atomic E-state index is 0.0794. The second-order valence-corrected chi connectivity index (χ2v) is 9.33. The number of anilines is 2. The van der Waals surface area contributed by atoms with Gasteiger partial charge in [-0.05, 0) is 62.4 Å². The second-order valence-electron chi connectivity index (χ2n) is 9.33. The SMILES string of the molecule is Cc1cc(Nc2ncnc3ccc(F)cc23)c(=O)n2c1C(=O)N[C@]21CC[C@@](O)(C(F)(F)C(F)(F)F)CC1. The highest BCUT2D eigenvalue weighted by Crippen LogP contribution is 2.52. The third kappa shape index (κ3) is 3.64.